The van der Waals surface area contributed by atoms with E-state index in [0.717, 1.165) is 18.3 Å². The highest BCUT2D eigenvalue weighted by Gasteiger charge is 2.22. The van der Waals surface area contributed by atoms with Crippen LogP contribution in [-0.2, 0) is 19.3 Å². The lowest BCUT2D eigenvalue weighted by molar-refractivity contribution is 0.272. The number of hydrogen-bond donors (Lipinski definition) is 0. The fourth-order valence-electron chi connectivity index (χ4n) is 5.01. The van der Waals surface area contributed by atoms with Gasteiger partial charge >= 0.3 is 0 Å². The Labute approximate surface area is 173 Å². The number of rotatable bonds is 7. The maximum absolute atomic E-state index is 2.43. The largest absolute Gasteiger partial charge is 0.0914 e. The minimum absolute atomic E-state index is 0.624. The summed E-state index contributed by atoms with van der Waals surface area (Å²) in [4.78, 5) is 0. The maximum atomic E-state index is 2.43. The second-order valence-electron chi connectivity index (χ2n) is 9.25. The van der Waals surface area contributed by atoms with Crippen LogP contribution in [0.1, 0.15) is 67.3 Å². The van der Waals surface area contributed by atoms with Gasteiger partial charge in [0.25, 0.3) is 0 Å². The average Bonchev–Trinajstić information content (AvgIpc) is 2.66. The van der Waals surface area contributed by atoms with Gasteiger partial charge in [-0.15, -0.1) is 0 Å². The predicted molar refractivity (Wildman–Crippen MR) is 123 cm³/mol. The van der Waals surface area contributed by atoms with Crippen molar-refractivity contribution in [3.8, 4) is 0 Å². The molecule has 2 aromatic carbocycles. The Hall–Kier alpha value is -1.82. The molecule has 1 aliphatic rings. The van der Waals surface area contributed by atoms with Crippen LogP contribution < -0.4 is 0 Å². The molecule has 3 rings (SSSR count). The van der Waals surface area contributed by atoms with Crippen LogP contribution >= 0.6 is 0 Å². The molecule has 1 saturated carbocycles. The minimum atomic E-state index is 0.624. The van der Waals surface area contributed by atoms with E-state index in [9.17, 15) is 0 Å². The smallest absolute Gasteiger partial charge is 0.0218 e. The Bertz CT molecular complexity index is 774. The third-order valence-corrected chi connectivity index (χ3v) is 6.57. The first-order valence-electron chi connectivity index (χ1n) is 11.3. The van der Waals surface area contributed by atoms with Crippen LogP contribution in [0, 0.1) is 31.6 Å². The molecule has 1 fully saturated rings. The monoisotopic (exact) mass is 374 g/mol. The van der Waals surface area contributed by atoms with E-state index in [4.69, 9.17) is 0 Å². The van der Waals surface area contributed by atoms with Crippen molar-refractivity contribution in [1.82, 2.24) is 0 Å². The van der Waals surface area contributed by atoms with Crippen molar-refractivity contribution in [2.45, 2.75) is 72.6 Å². The molecular weight excluding hydrogens is 336 g/mol. The number of aryl methyl sites for hydroxylation is 2. The van der Waals surface area contributed by atoms with Crippen molar-refractivity contribution in [3.05, 3.63) is 82.4 Å². The molecule has 1 aliphatic carbocycles. The summed E-state index contributed by atoms with van der Waals surface area (Å²) < 4.78 is 0. The van der Waals surface area contributed by atoms with E-state index < -0.39 is 0 Å². The van der Waals surface area contributed by atoms with Crippen molar-refractivity contribution in [2.24, 2.45) is 17.8 Å². The van der Waals surface area contributed by atoms with Gasteiger partial charge in [0.15, 0.2) is 0 Å². The zero-order valence-electron chi connectivity index (χ0n) is 18.4. The molecule has 0 nitrogen and oxygen atoms in total. The van der Waals surface area contributed by atoms with E-state index >= 15 is 0 Å². The van der Waals surface area contributed by atoms with E-state index in [1.807, 2.05) is 0 Å². The van der Waals surface area contributed by atoms with E-state index in [0.29, 0.717) is 5.92 Å². The molecule has 0 aromatic heterocycles. The van der Waals surface area contributed by atoms with Gasteiger partial charge in [0.05, 0.1) is 0 Å². The SMILES string of the molecule is CC=CC(C)Cc1ccc(CC2CCC(Cc3cccc(C)c3)CC2)c(C)c1. The van der Waals surface area contributed by atoms with Gasteiger partial charge in [0.1, 0.15) is 0 Å². The van der Waals surface area contributed by atoms with Crippen LogP contribution in [-0.4, -0.2) is 0 Å². The van der Waals surface area contributed by atoms with E-state index in [2.05, 4.69) is 82.3 Å². The summed E-state index contributed by atoms with van der Waals surface area (Å²) in [7, 11) is 0. The Kier molecular flexibility index (Phi) is 7.54. The molecule has 0 aliphatic heterocycles. The summed E-state index contributed by atoms with van der Waals surface area (Å²) in [5.74, 6) is 2.38. The third-order valence-electron chi connectivity index (χ3n) is 6.57. The topological polar surface area (TPSA) is 0 Å². The number of benzene rings is 2. The standard InChI is InChI=1S/C28H38/c1-5-7-21(2)16-27-14-15-28(23(4)18-27)20-25-12-10-24(11-13-25)19-26-9-6-8-22(3)17-26/h5-9,14-15,17-18,21,24-25H,10-13,16,19-20H2,1-4H3. The maximum Gasteiger partial charge on any atom is -0.0218 e. The summed E-state index contributed by atoms with van der Waals surface area (Å²) in [5.41, 5.74) is 7.47. The van der Waals surface area contributed by atoms with Gasteiger partial charge in [-0.3, -0.25) is 0 Å². The highest BCUT2D eigenvalue weighted by Crippen LogP contribution is 2.33. The van der Waals surface area contributed by atoms with Crippen LogP contribution in [0.15, 0.2) is 54.6 Å². The minimum Gasteiger partial charge on any atom is -0.0914 e. The van der Waals surface area contributed by atoms with Crippen LogP contribution in [0.3, 0.4) is 0 Å². The fraction of sp³-hybridized carbons (Fsp3) is 0.500. The Morgan fingerprint density at radius 2 is 1.61 bits per heavy atom. The second kappa shape index (κ2) is 10.1. The molecule has 1 atom stereocenters. The molecule has 0 radical (unpaired) electrons. The Balaban J connectivity index is 1.50. The third kappa shape index (κ3) is 6.09. The van der Waals surface area contributed by atoms with Crippen LogP contribution in [0.2, 0.25) is 0 Å². The van der Waals surface area contributed by atoms with Crippen molar-refractivity contribution in [3.63, 3.8) is 0 Å². The molecule has 0 spiro atoms. The van der Waals surface area contributed by atoms with Crippen molar-refractivity contribution in [2.75, 3.05) is 0 Å². The first-order chi connectivity index (χ1) is 13.5. The molecule has 1 unspecified atom stereocenters. The first kappa shape index (κ1) is 20.9. The van der Waals surface area contributed by atoms with Gasteiger partial charge in [-0.05, 0) is 106 Å². The van der Waals surface area contributed by atoms with Crippen molar-refractivity contribution in [1.29, 1.82) is 0 Å². The van der Waals surface area contributed by atoms with E-state index in [1.165, 1.54) is 60.8 Å². The highest BCUT2D eigenvalue weighted by molar-refractivity contribution is 5.32. The zero-order chi connectivity index (χ0) is 19.9. The molecule has 2 aromatic rings. The van der Waals surface area contributed by atoms with Gasteiger partial charge in [-0.25, -0.2) is 0 Å². The van der Waals surface area contributed by atoms with Gasteiger partial charge in [0, 0.05) is 0 Å². The van der Waals surface area contributed by atoms with E-state index in [-0.39, 0.29) is 0 Å². The molecule has 0 heteroatoms. The molecule has 28 heavy (non-hydrogen) atoms. The lowest BCUT2D eigenvalue weighted by atomic mass is 9.76. The lowest BCUT2D eigenvalue weighted by Gasteiger charge is -2.29. The molecule has 0 bridgehead atoms. The van der Waals surface area contributed by atoms with Gasteiger partial charge in [-0.2, -0.15) is 0 Å². The Morgan fingerprint density at radius 1 is 0.893 bits per heavy atom. The average molecular weight is 375 g/mol. The summed E-state index contributed by atoms with van der Waals surface area (Å²) in [6, 6.07) is 16.3. The summed E-state index contributed by atoms with van der Waals surface area (Å²) in [5, 5.41) is 0. The summed E-state index contributed by atoms with van der Waals surface area (Å²) in [6.07, 6.45) is 13.8. The van der Waals surface area contributed by atoms with Crippen LogP contribution in [0.4, 0.5) is 0 Å². The van der Waals surface area contributed by atoms with E-state index in [1.54, 1.807) is 5.56 Å². The molecule has 0 heterocycles. The highest BCUT2D eigenvalue weighted by atomic mass is 14.3. The number of allylic oxidation sites excluding steroid dienone is 2. The van der Waals surface area contributed by atoms with Crippen LogP contribution in [0.25, 0.3) is 0 Å². The van der Waals surface area contributed by atoms with Crippen molar-refractivity contribution < 1.29 is 0 Å². The van der Waals surface area contributed by atoms with Crippen LogP contribution in [0.5, 0.6) is 0 Å². The quantitative estimate of drug-likeness (QED) is 0.437. The fourth-order valence-corrected chi connectivity index (χ4v) is 5.01. The van der Waals surface area contributed by atoms with Gasteiger partial charge in [-0.1, -0.05) is 67.1 Å². The van der Waals surface area contributed by atoms with Crippen molar-refractivity contribution >= 4 is 0 Å². The Morgan fingerprint density at radius 3 is 2.25 bits per heavy atom. The number of hydrogen-bond acceptors (Lipinski definition) is 0. The molecular formula is C28H38. The lowest BCUT2D eigenvalue weighted by Crippen LogP contribution is -2.18. The summed E-state index contributed by atoms with van der Waals surface area (Å²) in [6.45, 7) is 8.93. The summed E-state index contributed by atoms with van der Waals surface area (Å²) >= 11 is 0. The van der Waals surface area contributed by atoms with Gasteiger partial charge in [0.2, 0.25) is 0 Å². The van der Waals surface area contributed by atoms with Gasteiger partial charge < -0.3 is 0 Å². The second-order valence-corrected chi connectivity index (χ2v) is 9.25. The normalized spacial score (nSPS) is 21.1. The molecule has 0 N–H and O–H groups in total. The predicted octanol–water partition coefficient (Wildman–Crippen LogP) is 7.65. The first-order valence-corrected chi connectivity index (χ1v) is 11.3. The molecule has 150 valence electrons. The zero-order valence-corrected chi connectivity index (χ0v) is 18.4. The molecule has 0 saturated heterocycles. The molecule has 0 amide bonds.